The maximum absolute atomic E-state index is 2.47. The summed E-state index contributed by atoms with van der Waals surface area (Å²) < 4.78 is 0. The molecule has 0 nitrogen and oxygen atoms in total. The van der Waals surface area contributed by atoms with Crippen LogP contribution in [0, 0.1) is 0 Å². The van der Waals surface area contributed by atoms with Crippen molar-refractivity contribution in [2.45, 2.75) is 0 Å². The van der Waals surface area contributed by atoms with Crippen molar-refractivity contribution in [1.29, 1.82) is 0 Å². The van der Waals surface area contributed by atoms with Crippen molar-refractivity contribution in [1.82, 2.24) is 0 Å². The Hall–Kier alpha value is -4.86. The lowest BCUT2D eigenvalue weighted by Gasteiger charge is -2.22. The van der Waals surface area contributed by atoms with E-state index in [2.05, 4.69) is 182 Å². The normalized spacial score (nSPS) is 11.7. The first-order valence-electron chi connectivity index (χ1n) is 15.7. The van der Waals surface area contributed by atoms with Crippen LogP contribution in [-0.2, 0) is 0 Å². The largest absolute Gasteiger partial charge is 0.0622 e. The summed E-state index contributed by atoms with van der Waals surface area (Å²) in [7, 11) is 0.984. The van der Waals surface area contributed by atoms with Gasteiger partial charge in [0.05, 0.1) is 0 Å². The van der Waals surface area contributed by atoms with E-state index in [1.807, 2.05) is 0 Å². The summed E-state index contributed by atoms with van der Waals surface area (Å²) in [6.45, 7) is 0. The molecule has 0 aliphatic heterocycles. The molecule has 8 aromatic rings. The maximum atomic E-state index is 2.47. The summed E-state index contributed by atoms with van der Waals surface area (Å²) in [6.07, 6.45) is 0. The highest BCUT2D eigenvalue weighted by Crippen LogP contribution is 2.38. The lowest BCUT2D eigenvalue weighted by atomic mass is 9.94. The minimum atomic E-state index is 0.481. The highest BCUT2D eigenvalue weighted by Gasteiger charge is 2.20. The Morgan fingerprint density at radius 2 is 0.783 bits per heavy atom. The summed E-state index contributed by atoms with van der Waals surface area (Å²) in [5.74, 6) is 0. The van der Waals surface area contributed by atoms with Gasteiger partial charge >= 0.3 is 0 Å². The molecule has 0 N–H and O–H groups in total. The highest BCUT2D eigenvalue weighted by molar-refractivity contribution is 7.62. The predicted octanol–water partition coefficient (Wildman–Crippen LogP) is 10.3. The Kier molecular flexibility index (Phi) is 8.00. The second-order valence-electron chi connectivity index (χ2n) is 11.5. The number of rotatable bonds is 7. The molecule has 0 saturated heterocycles. The average molecular weight is 623 g/mol. The molecule has 0 fully saturated rings. The van der Waals surface area contributed by atoms with E-state index in [4.69, 9.17) is 0 Å². The third-order valence-electron chi connectivity index (χ3n) is 8.66. The number of hydrogen-bond acceptors (Lipinski definition) is 0. The molecule has 2 unspecified atom stereocenters. The van der Waals surface area contributed by atoms with Crippen molar-refractivity contribution in [2.75, 3.05) is 0 Å². The van der Waals surface area contributed by atoms with Crippen LogP contribution >= 0.6 is 17.2 Å². The smallest absolute Gasteiger partial charge is 0.00150 e. The van der Waals surface area contributed by atoms with Crippen LogP contribution in [0.1, 0.15) is 0 Å². The molecule has 2 atom stereocenters. The van der Waals surface area contributed by atoms with Crippen molar-refractivity contribution in [3.05, 3.63) is 182 Å². The third-order valence-corrected chi connectivity index (χ3v) is 11.8. The van der Waals surface area contributed by atoms with Crippen molar-refractivity contribution in [3.63, 3.8) is 0 Å². The summed E-state index contributed by atoms with van der Waals surface area (Å²) in [5.41, 5.74) is 7.79. The Morgan fingerprint density at radius 3 is 1.46 bits per heavy atom. The Balaban J connectivity index is 1.41. The van der Waals surface area contributed by atoms with Gasteiger partial charge in [-0.3, -0.25) is 0 Å². The zero-order valence-electron chi connectivity index (χ0n) is 25.3. The summed E-state index contributed by atoms with van der Waals surface area (Å²) in [4.78, 5) is 0. The molecule has 0 aromatic heterocycles. The van der Waals surface area contributed by atoms with Crippen LogP contribution in [0.4, 0.5) is 0 Å². The Bertz CT molecular complexity index is 2300. The van der Waals surface area contributed by atoms with Crippen LogP contribution in [0.15, 0.2) is 182 Å². The second-order valence-corrected chi connectivity index (χ2v) is 14.1. The van der Waals surface area contributed by atoms with E-state index in [-0.39, 0.29) is 0 Å². The zero-order valence-corrected chi connectivity index (χ0v) is 27.3. The lowest BCUT2D eigenvalue weighted by molar-refractivity contribution is 1.65. The summed E-state index contributed by atoms with van der Waals surface area (Å²) >= 11 is 0. The van der Waals surface area contributed by atoms with E-state index in [1.54, 1.807) is 0 Å². The molecule has 8 aromatic carbocycles. The van der Waals surface area contributed by atoms with E-state index in [9.17, 15) is 0 Å². The molecule has 0 heterocycles. The first-order valence-corrected chi connectivity index (χ1v) is 17.7. The molecule has 0 bridgehead atoms. The minimum absolute atomic E-state index is 0.481. The topological polar surface area (TPSA) is 0 Å². The molecule has 218 valence electrons. The van der Waals surface area contributed by atoms with Crippen LogP contribution < -0.4 is 21.2 Å². The molecule has 8 rings (SSSR count). The van der Waals surface area contributed by atoms with Gasteiger partial charge < -0.3 is 0 Å². The fourth-order valence-electron chi connectivity index (χ4n) is 6.50. The highest BCUT2D eigenvalue weighted by atomic mass is 31.1. The summed E-state index contributed by atoms with van der Waals surface area (Å²) in [6, 6.07) is 66.6. The molecule has 0 aliphatic rings. The van der Waals surface area contributed by atoms with Gasteiger partial charge in [0.2, 0.25) is 0 Å². The summed E-state index contributed by atoms with van der Waals surface area (Å²) in [5, 5.41) is 10.7. The van der Waals surface area contributed by atoms with E-state index in [0.717, 1.165) is 0 Å². The van der Waals surface area contributed by atoms with Gasteiger partial charge in [-0.1, -0.05) is 193 Å². The van der Waals surface area contributed by atoms with Crippen molar-refractivity contribution in [2.24, 2.45) is 0 Å². The van der Waals surface area contributed by atoms with Crippen LogP contribution in [0.3, 0.4) is 0 Å². The first kappa shape index (κ1) is 28.6. The Labute approximate surface area is 274 Å². The molecule has 0 spiro atoms. The quantitative estimate of drug-likeness (QED) is 0.155. The van der Waals surface area contributed by atoms with Crippen LogP contribution in [0.25, 0.3) is 54.9 Å². The molecule has 0 amide bonds. The van der Waals surface area contributed by atoms with E-state index < -0.39 is 0 Å². The second kappa shape index (κ2) is 12.9. The van der Waals surface area contributed by atoms with Gasteiger partial charge in [0.15, 0.2) is 0 Å². The lowest BCUT2D eigenvalue weighted by Crippen LogP contribution is -2.24. The molecule has 0 saturated carbocycles. The SMILES string of the molecule is c1ccc(-c2ccccc2Pc2cc3ccccc3c(-c3cccc4ccccc34)c2Pc2ccccc2-c2ccccc2)cc1. The molecular formula is C44H32P2. The van der Waals surface area contributed by atoms with Gasteiger partial charge in [0.25, 0.3) is 0 Å². The van der Waals surface area contributed by atoms with Crippen molar-refractivity contribution >= 4 is 59.9 Å². The number of benzene rings is 8. The molecule has 46 heavy (non-hydrogen) atoms. The van der Waals surface area contributed by atoms with Crippen LogP contribution in [0.2, 0.25) is 0 Å². The van der Waals surface area contributed by atoms with Gasteiger partial charge in [-0.25, -0.2) is 0 Å². The maximum Gasteiger partial charge on any atom is -0.00150 e. The molecule has 0 aliphatic carbocycles. The van der Waals surface area contributed by atoms with Gasteiger partial charge in [-0.05, 0) is 82.2 Å². The molecule has 2 heteroatoms. The van der Waals surface area contributed by atoms with Gasteiger partial charge in [-0.2, -0.15) is 0 Å². The van der Waals surface area contributed by atoms with Crippen molar-refractivity contribution < 1.29 is 0 Å². The van der Waals surface area contributed by atoms with Gasteiger partial charge in [-0.15, -0.1) is 0 Å². The van der Waals surface area contributed by atoms with Crippen molar-refractivity contribution in [3.8, 4) is 33.4 Å². The first-order chi connectivity index (χ1) is 22.8. The van der Waals surface area contributed by atoms with Gasteiger partial charge in [0.1, 0.15) is 0 Å². The number of fused-ring (bicyclic) bond motifs is 2. The van der Waals surface area contributed by atoms with Crippen LogP contribution in [0.5, 0.6) is 0 Å². The van der Waals surface area contributed by atoms with E-state index in [0.29, 0.717) is 17.2 Å². The third kappa shape index (κ3) is 5.57. The molecule has 0 radical (unpaired) electrons. The van der Waals surface area contributed by atoms with Gasteiger partial charge in [0, 0.05) is 0 Å². The monoisotopic (exact) mass is 622 g/mol. The molecular weight excluding hydrogens is 590 g/mol. The predicted molar refractivity (Wildman–Crippen MR) is 206 cm³/mol. The average Bonchev–Trinajstić information content (AvgIpc) is 3.13. The van der Waals surface area contributed by atoms with E-state index >= 15 is 0 Å². The van der Waals surface area contributed by atoms with Crippen LogP contribution in [-0.4, -0.2) is 0 Å². The number of hydrogen-bond donors (Lipinski definition) is 0. The Morgan fingerprint density at radius 1 is 0.304 bits per heavy atom. The van der Waals surface area contributed by atoms with E-state index in [1.165, 1.54) is 76.1 Å². The minimum Gasteiger partial charge on any atom is -0.0622 e. The fourth-order valence-corrected chi connectivity index (χ4v) is 9.60. The standard InChI is InChI=1S/C44H32P2/c1-3-16-32(17-4-1)36-24-11-13-28-40(36)45-42-30-34-21-8-10-26-38(34)43(39-27-15-22-31-20-7-9-23-35(31)39)44(42)46-41-29-14-12-25-37(41)33-18-5-2-6-19-33/h1-30,45-46H. The zero-order chi connectivity index (χ0) is 30.7. The fraction of sp³-hybridized carbons (Fsp3) is 0.